The monoisotopic (exact) mass is 219 g/mol. The third-order valence-corrected chi connectivity index (χ3v) is 3.15. The van der Waals surface area contributed by atoms with Gasteiger partial charge in [-0.3, -0.25) is 0 Å². The predicted molar refractivity (Wildman–Crippen MR) is 55.6 cm³/mol. The predicted octanol–water partition coefficient (Wildman–Crippen LogP) is -1.90. The van der Waals surface area contributed by atoms with Gasteiger partial charge in [-0.15, -0.1) is 0 Å². The quantitative estimate of drug-likeness (QED) is 0.312. The van der Waals surface area contributed by atoms with Gasteiger partial charge >= 0.3 is 0 Å². The summed E-state index contributed by atoms with van der Waals surface area (Å²) in [5.74, 6) is 0. The number of rotatable bonds is 6. The Hall–Kier alpha value is -0.240. The van der Waals surface area contributed by atoms with Crippen molar-refractivity contribution in [1.82, 2.24) is 16.4 Å². The number of aliphatic hydroxyl groups excluding tert-OH is 3. The third kappa shape index (κ3) is 3.10. The fourth-order valence-electron chi connectivity index (χ4n) is 2.24. The highest BCUT2D eigenvalue weighted by Crippen LogP contribution is 2.32. The lowest BCUT2D eigenvalue weighted by molar-refractivity contribution is 0.0326. The summed E-state index contributed by atoms with van der Waals surface area (Å²) in [4.78, 5) is 0. The van der Waals surface area contributed by atoms with Gasteiger partial charge in [0.15, 0.2) is 0 Å². The van der Waals surface area contributed by atoms with Crippen LogP contribution in [-0.2, 0) is 0 Å². The molecule has 1 rings (SSSR count). The maximum absolute atomic E-state index is 9.08. The lowest BCUT2D eigenvalue weighted by atomic mass is 9.73. The molecule has 0 amide bonds. The highest BCUT2D eigenvalue weighted by molar-refractivity contribution is 4.93. The van der Waals surface area contributed by atoms with Gasteiger partial charge in [-0.1, -0.05) is 0 Å². The Kier molecular flexibility index (Phi) is 5.44. The van der Waals surface area contributed by atoms with E-state index in [-0.39, 0.29) is 31.3 Å². The van der Waals surface area contributed by atoms with Gasteiger partial charge in [0, 0.05) is 37.8 Å². The fraction of sp³-hybridized carbons (Fsp3) is 1.00. The first-order valence-electron chi connectivity index (χ1n) is 5.35. The molecule has 15 heavy (non-hydrogen) atoms. The van der Waals surface area contributed by atoms with Crippen LogP contribution in [0.25, 0.3) is 0 Å². The standard InChI is InChI=1S/C9H21N3O3/c13-4-1-8-9(2-5-14,3-6-15)7-10-12-11-8/h8,10-15H,1-7H2. The Morgan fingerprint density at radius 1 is 1.07 bits per heavy atom. The van der Waals surface area contributed by atoms with Crippen molar-refractivity contribution in [3.8, 4) is 0 Å². The summed E-state index contributed by atoms with van der Waals surface area (Å²) in [6, 6.07) is 0.0584. The van der Waals surface area contributed by atoms with Crippen LogP contribution >= 0.6 is 0 Å². The molecule has 1 fully saturated rings. The molecule has 1 atom stereocenters. The second-order valence-corrected chi connectivity index (χ2v) is 4.00. The van der Waals surface area contributed by atoms with Crippen molar-refractivity contribution in [2.75, 3.05) is 26.4 Å². The minimum atomic E-state index is -0.197. The molecule has 0 radical (unpaired) electrons. The average Bonchev–Trinajstić information content (AvgIpc) is 2.23. The van der Waals surface area contributed by atoms with E-state index >= 15 is 0 Å². The molecular weight excluding hydrogens is 198 g/mol. The largest absolute Gasteiger partial charge is 0.396 e. The topological polar surface area (TPSA) is 96.8 Å². The average molecular weight is 219 g/mol. The number of nitrogens with one attached hydrogen (secondary N) is 3. The summed E-state index contributed by atoms with van der Waals surface area (Å²) >= 11 is 0. The van der Waals surface area contributed by atoms with Crippen LogP contribution in [0, 0.1) is 5.41 Å². The molecule has 6 nitrogen and oxygen atoms in total. The molecule has 6 heteroatoms. The third-order valence-electron chi connectivity index (χ3n) is 3.15. The van der Waals surface area contributed by atoms with E-state index in [1.165, 1.54) is 0 Å². The summed E-state index contributed by atoms with van der Waals surface area (Å²) in [7, 11) is 0. The van der Waals surface area contributed by atoms with Crippen LogP contribution in [0.5, 0.6) is 0 Å². The van der Waals surface area contributed by atoms with Crippen LogP contribution < -0.4 is 16.4 Å². The van der Waals surface area contributed by atoms with Crippen LogP contribution in [-0.4, -0.2) is 47.7 Å². The zero-order valence-corrected chi connectivity index (χ0v) is 8.87. The molecule has 1 unspecified atom stereocenters. The molecule has 0 aromatic heterocycles. The number of hydrogen-bond donors (Lipinski definition) is 6. The van der Waals surface area contributed by atoms with Crippen molar-refractivity contribution in [2.45, 2.75) is 25.3 Å². The first-order chi connectivity index (χ1) is 7.29. The lowest BCUT2D eigenvalue weighted by Crippen LogP contribution is -2.65. The van der Waals surface area contributed by atoms with Gasteiger partial charge in [0.1, 0.15) is 0 Å². The Balaban J connectivity index is 2.68. The molecule has 1 saturated heterocycles. The smallest absolute Gasteiger partial charge is 0.0446 e. The van der Waals surface area contributed by atoms with Crippen molar-refractivity contribution in [1.29, 1.82) is 0 Å². The first kappa shape index (κ1) is 12.8. The SMILES string of the molecule is OCCC1NNNCC1(CCO)CCO. The Labute approximate surface area is 89.6 Å². The van der Waals surface area contributed by atoms with Crippen molar-refractivity contribution in [3.63, 3.8) is 0 Å². The van der Waals surface area contributed by atoms with E-state index in [9.17, 15) is 0 Å². The molecule has 0 bridgehead atoms. The van der Waals surface area contributed by atoms with Gasteiger partial charge in [-0.2, -0.15) is 5.53 Å². The highest BCUT2D eigenvalue weighted by Gasteiger charge is 2.39. The van der Waals surface area contributed by atoms with Gasteiger partial charge in [0.2, 0.25) is 0 Å². The molecule has 1 aliphatic heterocycles. The Morgan fingerprint density at radius 3 is 2.27 bits per heavy atom. The van der Waals surface area contributed by atoms with Gasteiger partial charge in [0.25, 0.3) is 0 Å². The number of aliphatic hydroxyl groups is 3. The molecule has 0 saturated carbocycles. The number of hydrogen-bond acceptors (Lipinski definition) is 6. The van der Waals surface area contributed by atoms with Crippen LogP contribution in [0.2, 0.25) is 0 Å². The maximum atomic E-state index is 9.08. The van der Waals surface area contributed by atoms with E-state index in [0.717, 1.165) is 0 Å². The second kappa shape index (κ2) is 6.37. The fourth-order valence-corrected chi connectivity index (χ4v) is 2.24. The molecule has 6 N–H and O–H groups in total. The molecule has 1 aliphatic rings. The molecule has 1 heterocycles. The van der Waals surface area contributed by atoms with Gasteiger partial charge in [-0.25, -0.2) is 10.9 Å². The molecule has 90 valence electrons. The molecule has 0 aromatic rings. The maximum Gasteiger partial charge on any atom is 0.0446 e. The van der Waals surface area contributed by atoms with Crippen molar-refractivity contribution >= 4 is 0 Å². The summed E-state index contributed by atoms with van der Waals surface area (Å²) < 4.78 is 0. The van der Waals surface area contributed by atoms with E-state index in [0.29, 0.717) is 25.8 Å². The van der Waals surface area contributed by atoms with Crippen LogP contribution in [0.1, 0.15) is 19.3 Å². The molecular formula is C9H21N3O3. The summed E-state index contributed by atoms with van der Waals surface area (Å²) in [5, 5.41) is 27.1. The van der Waals surface area contributed by atoms with Crippen LogP contribution in [0.3, 0.4) is 0 Å². The van der Waals surface area contributed by atoms with Crippen molar-refractivity contribution < 1.29 is 15.3 Å². The van der Waals surface area contributed by atoms with Gasteiger partial charge < -0.3 is 15.3 Å². The highest BCUT2D eigenvalue weighted by atomic mass is 16.3. The lowest BCUT2D eigenvalue weighted by Gasteiger charge is -2.44. The molecule has 0 aliphatic carbocycles. The van der Waals surface area contributed by atoms with Crippen molar-refractivity contribution in [3.05, 3.63) is 0 Å². The number of hydrazine groups is 2. The van der Waals surface area contributed by atoms with Gasteiger partial charge in [0.05, 0.1) is 0 Å². The zero-order valence-electron chi connectivity index (χ0n) is 8.87. The minimum absolute atomic E-state index is 0.0584. The summed E-state index contributed by atoms with van der Waals surface area (Å²) in [5.41, 5.74) is 8.63. The van der Waals surface area contributed by atoms with E-state index in [1.54, 1.807) is 0 Å². The Bertz CT molecular complexity index is 166. The first-order valence-corrected chi connectivity index (χ1v) is 5.35. The molecule has 0 aromatic carbocycles. The van der Waals surface area contributed by atoms with E-state index in [4.69, 9.17) is 15.3 Å². The minimum Gasteiger partial charge on any atom is -0.396 e. The van der Waals surface area contributed by atoms with Crippen molar-refractivity contribution in [2.24, 2.45) is 5.41 Å². The van der Waals surface area contributed by atoms with E-state index in [1.807, 2.05) is 0 Å². The second-order valence-electron chi connectivity index (χ2n) is 4.00. The normalized spacial score (nSPS) is 25.4. The van der Waals surface area contributed by atoms with Crippen LogP contribution in [0.4, 0.5) is 0 Å². The van der Waals surface area contributed by atoms with E-state index in [2.05, 4.69) is 16.4 Å². The van der Waals surface area contributed by atoms with Crippen LogP contribution in [0.15, 0.2) is 0 Å². The van der Waals surface area contributed by atoms with Gasteiger partial charge in [-0.05, 0) is 19.3 Å². The Morgan fingerprint density at radius 2 is 1.73 bits per heavy atom. The zero-order chi connectivity index (χ0) is 11.1. The summed E-state index contributed by atoms with van der Waals surface area (Å²) in [6.07, 6.45) is 1.83. The summed E-state index contributed by atoms with van der Waals surface area (Å²) in [6.45, 7) is 0.945. The van der Waals surface area contributed by atoms with E-state index < -0.39 is 0 Å². The molecule has 0 spiro atoms.